The maximum absolute atomic E-state index is 12.5. The van der Waals surface area contributed by atoms with E-state index in [0.717, 1.165) is 48.3 Å². The molecule has 0 unspecified atom stereocenters. The normalized spacial score (nSPS) is 15.0. The first-order chi connectivity index (χ1) is 15.6. The molecule has 0 atom stereocenters. The molecule has 3 aromatic rings. The molecule has 0 bridgehead atoms. The topological polar surface area (TPSA) is 74.3 Å². The number of fused-ring (bicyclic) bond motifs is 1. The van der Waals surface area contributed by atoms with Crippen molar-refractivity contribution < 1.29 is 9.59 Å². The molecule has 0 spiro atoms. The number of likely N-dealkylation sites (tertiary alicyclic amines) is 1. The number of piperidine rings is 1. The number of nitrogens with zero attached hydrogens (tertiary/aromatic N) is 2. The summed E-state index contributed by atoms with van der Waals surface area (Å²) >= 11 is 1.47. The number of amides is 2. The lowest BCUT2D eigenvalue weighted by Crippen LogP contribution is -2.44. The molecule has 1 aliphatic heterocycles. The Balaban J connectivity index is 1.22. The Bertz CT molecular complexity index is 1060. The molecule has 2 N–H and O–H groups in total. The Morgan fingerprint density at radius 3 is 2.59 bits per heavy atom. The third-order valence-electron chi connectivity index (χ3n) is 5.86. The van der Waals surface area contributed by atoms with E-state index in [0.29, 0.717) is 24.4 Å². The Morgan fingerprint density at radius 1 is 1.06 bits per heavy atom. The van der Waals surface area contributed by atoms with Crippen molar-refractivity contribution in [3.63, 3.8) is 0 Å². The summed E-state index contributed by atoms with van der Waals surface area (Å²) in [5, 5.41) is 6.66. The molecule has 2 amide bonds. The summed E-state index contributed by atoms with van der Waals surface area (Å²) in [6.45, 7) is 4.82. The molecule has 1 fully saturated rings. The minimum Gasteiger partial charge on any atom is -0.353 e. The first kappa shape index (κ1) is 22.4. The van der Waals surface area contributed by atoms with Crippen LogP contribution in [-0.2, 0) is 22.6 Å². The molecule has 168 valence electrons. The molecule has 0 saturated carbocycles. The molecule has 6 nitrogen and oxygen atoms in total. The second-order valence-corrected chi connectivity index (χ2v) is 9.36. The van der Waals surface area contributed by atoms with Gasteiger partial charge in [-0.2, -0.15) is 0 Å². The first-order valence-corrected chi connectivity index (χ1v) is 12.2. The van der Waals surface area contributed by atoms with Crippen molar-refractivity contribution in [2.45, 2.75) is 51.6 Å². The van der Waals surface area contributed by atoms with E-state index in [1.54, 1.807) is 0 Å². The molecular weight excluding hydrogens is 420 g/mol. The minimum atomic E-state index is -0.0353. The molecule has 0 aliphatic carbocycles. The zero-order valence-electron chi connectivity index (χ0n) is 18.5. The standard InChI is InChI=1S/C25H30N4O2S/c1-2-23(30)28-25-27-21-10-8-18(16-22(21)32-25)9-11-24(31)26-20-12-14-29(15-13-20)17-19-6-4-3-5-7-19/h3-8,10,16,20H,2,9,11-15,17H2,1H3,(H,26,31)(H,27,28,30). The fourth-order valence-corrected chi connectivity index (χ4v) is 4.97. The average molecular weight is 451 g/mol. The quantitative estimate of drug-likeness (QED) is 0.535. The van der Waals surface area contributed by atoms with Crippen LogP contribution in [0.4, 0.5) is 5.13 Å². The molecule has 1 aliphatic rings. The largest absolute Gasteiger partial charge is 0.353 e. The number of aromatic nitrogens is 1. The lowest BCUT2D eigenvalue weighted by atomic mass is 10.0. The summed E-state index contributed by atoms with van der Waals surface area (Å²) in [6.07, 6.45) is 3.61. The zero-order chi connectivity index (χ0) is 22.3. The van der Waals surface area contributed by atoms with Gasteiger partial charge in [0.25, 0.3) is 0 Å². The number of carbonyl (C=O) groups is 2. The zero-order valence-corrected chi connectivity index (χ0v) is 19.3. The van der Waals surface area contributed by atoms with Crippen molar-refractivity contribution in [3.05, 3.63) is 59.7 Å². The van der Waals surface area contributed by atoms with Crippen LogP contribution in [0.25, 0.3) is 10.2 Å². The van der Waals surface area contributed by atoms with Gasteiger partial charge in [-0.3, -0.25) is 14.5 Å². The number of rotatable bonds is 8. The van der Waals surface area contributed by atoms with Gasteiger partial charge in [0, 0.05) is 38.5 Å². The van der Waals surface area contributed by atoms with Crippen molar-refractivity contribution in [2.24, 2.45) is 0 Å². The monoisotopic (exact) mass is 450 g/mol. The van der Waals surface area contributed by atoms with E-state index in [9.17, 15) is 9.59 Å². The summed E-state index contributed by atoms with van der Waals surface area (Å²) in [7, 11) is 0. The highest BCUT2D eigenvalue weighted by Crippen LogP contribution is 2.27. The van der Waals surface area contributed by atoms with Gasteiger partial charge >= 0.3 is 0 Å². The summed E-state index contributed by atoms with van der Waals surface area (Å²) < 4.78 is 1.03. The van der Waals surface area contributed by atoms with Crippen LogP contribution in [0.15, 0.2) is 48.5 Å². The fourth-order valence-electron chi connectivity index (χ4n) is 4.02. The number of hydrogen-bond donors (Lipinski definition) is 2. The van der Waals surface area contributed by atoms with Gasteiger partial charge in [-0.15, -0.1) is 0 Å². The predicted octanol–water partition coefficient (Wildman–Crippen LogP) is 4.36. The molecule has 1 saturated heterocycles. The smallest absolute Gasteiger partial charge is 0.225 e. The second-order valence-electron chi connectivity index (χ2n) is 8.33. The molecule has 2 heterocycles. The fraction of sp³-hybridized carbons (Fsp3) is 0.400. The molecule has 0 radical (unpaired) electrons. The summed E-state index contributed by atoms with van der Waals surface area (Å²) in [5.41, 5.74) is 3.33. The number of benzene rings is 2. The summed E-state index contributed by atoms with van der Waals surface area (Å²) in [4.78, 5) is 31.0. The van der Waals surface area contributed by atoms with Gasteiger partial charge < -0.3 is 10.6 Å². The molecule has 2 aromatic carbocycles. The van der Waals surface area contributed by atoms with Crippen LogP contribution in [0, 0.1) is 0 Å². The van der Waals surface area contributed by atoms with E-state index in [2.05, 4.69) is 50.8 Å². The molecule has 7 heteroatoms. The van der Waals surface area contributed by atoms with Gasteiger partial charge in [-0.25, -0.2) is 4.98 Å². The molecule has 4 rings (SSSR count). The van der Waals surface area contributed by atoms with Gasteiger partial charge in [0.15, 0.2) is 5.13 Å². The van der Waals surface area contributed by atoms with Crippen LogP contribution in [0.3, 0.4) is 0 Å². The minimum absolute atomic E-state index is 0.0353. The maximum Gasteiger partial charge on any atom is 0.225 e. The average Bonchev–Trinajstić information content (AvgIpc) is 3.21. The van der Waals surface area contributed by atoms with Crippen LogP contribution >= 0.6 is 11.3 Å². The molecule has 32 heavy (non-hydrogen) atoms. The number of nitrogens with one attached hydrogen (secondary N) is 2. The van der Waals surface area contributed by atoms with E-state index in [1.165, 1.54) is 16.9 Å². The highest BCUT2D eigenvalue weighted by molar-refractivity contribution is 7.22. The van der Waals surface area contributed by atoms with E-state index < -0.39 is 0 Å². The van der Waals surface area contributed by atoms with Crippen molar-refractivity contribution in [1.82, 2.24) is 15.2 Å². The van der Waals surface area contributed by atoms with Crippen molar-refractivity contribution in [3.8, 4) is 0 Å². The van der Waals surface area contributed by atoms with E-state index in [-0.39, 0.29) is 17.9 Å². The number of thiazole rings is 1. The predicted molar refractivity (Wildman–Crippen MR) is 130 cm³/mol. The Kier molecular flexibility index (Phi) is 7.50. The first-order valence-electron chi connectivity index (χ1n) is 11.3. The van der Waals surface area contributed by atoms with Crippen LogP contribution in [0.1, 0.15) is 43.7 Å². The van der Waals surface area contributed by atoms with Crippen LogP contribution < -0.4 is 10.6 Å². The lowest BCUT2D eigenvalue weighted by molar-refractivity contribution is -0.122. The van der Waals surface area contributed by atoms with Crippen LogP contribution in [-0.4, -0.2) is 40.8 Å². The molecule has 1 aromatic heterocycles. The van der Waals surface area contributed by atoms with E-state index in [4.69, 9.17) is 0 Å². The Morgan fingerprint density at radius 2 is 1.84 bits per heavy atom. The summed E-state index contributed by atoms with van der Waals surface area (Å²) in [6, 6.07) is 16.9. The third-order valence-corrected chi connectivity index (χ3v) is 6.80. The van der Waals surface area contributed by atoms with Gasteiger partial charge in [0.2, 0.25) is 11.8 Å². The lowest BCUT2D eigenvalue weighted by Gasteiger charge is -2.32. The van der Waals surface area contributed by atoms with Crippen molar-refractivity contribution >= 4 is 38.5 Å². The Labute approximate surface area is 193 Å². The number of aryl methyl sites for hydroxylation is 1. The highest BCUT2D eigenvalue weighted by Gasteiger charge is 2.20. The highest BCUT2D eigenvalue weighted by atomic mass is 32.1. The SMILES string of the molecule is CCC(=O)Nc1nc2ccc(CCC(=O)NC3CCN(Cc4ccccc4)CC3)cc2s1. The second kappa shape index (κ2) is 10.7. The van der Waals surface area contributed by atoms with E-state index in [1.807, 2.05) is 25.1 Å². The van der Waals surface area contributed by atoms with Crippen LogP contribution in [0.2, 0.25) is 0 Å². The van der Waals surface area contributed by atoms with Crippen LogP contribution in [0.5, 0.6) is 0 Å². The van der Waals surface area contributed by atoms with Crippen molar-refractivity contribution in [1.29, 1.82) is 0 Å². The molecular formula is C25H30N4O2S. The Hall–Kier alpha value is -2.77. The van der Waals surface area contributed by atoms with Gasteiger partial charge in [-0.05, 0) is 42.5 Å². The van der Waals surface area contributed by atoms with Crippen molar-refractivity contribution in [2.75, 3.05) is 18.4 Å². The van der Waals surface area contributed by atoms with E-state index >= 15 is 0 Å². The summed E-state index contributed by atoms with van der Waals surface area (Å²) in [5.74, 6) is 0.0821. The van der Waals surface area contributed by atoms with Gasteiger partial charge in [0.05, 0.1) is 10.2 Å². The number of anilines is 1. The maximum atomic E-state index is 12.5. The third kappa shape index (κ3) is 6.14. The number of hydrogen-bond acceptors (Lipinski definition) is 5. The van der Waals surface area contributed by atoms with Gasteiger partial charge in [-0.1, -0.05) is 54.7 Å². The number of carbonyl (C=O) groups excluding carboxylic acids is 2. The van der Waals surface area contributed by atoms with Gasteiger partial charge in [0.1, 0.15) is 0 Å².